The van der Waals surface area contributed by atoms with Crippen LogP contribution in [0.3, 0.4) is 0 Å². The number of benzene rings is 3. The number of rotatable bonds is 8. The van der Waals surface area contributed by atoms with Crippen LogP contribution in [0.1, 0.15) is 49.3 Å². The quantitative estimate of drug-likeness (QED) is 0.261. The molecule has 8 heteroatoms. The normalized spacial score (nSPS) is 13.4. The van der Waals surface area contributed by atoms with Crippen LogP contribution < -0.4 is 0 Å². The number of aryl methyl sites for hydroxylation is 1. The predicted molar refractivity (Wildman–Crippen MR) is 135 cm³/mol. The maximum Gasteiger partial charge on any atom is 0.417 e. The minimum absolute atomic E-state index is 0.0125. The van der Waals surface area contributed by atoms with Crippen LogP contribution in [0.25, 0.3) is 34.0 Å². The zero-order chi connectivity index (χ0) is 26.7. The zero-order valence-electron chi connectivity index (χ0n) is 20.7. The van der Waals surface area contributed by atoms with Crippen molar-refractivity contribution >= 4 is 5.97 Å². The van der Waals surface area contributed by atoms with E-state index < -0.39 is 23.6 Å². The summed E-state index contributed by atoms with van der Waals surface area (Å²) in [7, 11) is 0. The van der Waals surface area contributed by atoms with Gasteiger partial charge in [-0.1, -0.05) is 73.6 Å². The highest BCUT2D eigenvalue weighted by Gasteiger charge is 2.34. The Morgan fingerprint density at radius 2 is 1.68 bits per heavy atom. The molecule has 0 aliphatic rings. The molecule has 5 nitrogen and oxygen atoms in total. The van der Waals surface area contributed by atoms with Gasteiger partial charge in [0.2, 0.25) is 5.82 Å². The molecule has 0 unspecified atom stereocenters. The van der Waals surface area contributed by atoms with Crippen LogP contribution in [0.15, 0.2) is 71.3 Å². The van der Waals surface area contributed by atoms with Gasteiger partial charge in [0.05, 0.1) is 11.5 Å². The van der Waals surface area contributed by atoms with E-state index in [1.54, 1.807) is 49.4 Å². The first-order chi connectivity index (χ1) is 17.6. The first-order valence-electron chi connectivity index (χ1n) is 12.0. The van der Waals surface area contributed by atoms with Crippen molar-refractivity contribution in [2.24, 2.45) is 5.92 Å². The Hall–Kier alpha value is -3.94. The maximum absolute atomic E-state index is 14.0. The van der Waals surface area contributed by atoms with Crippen molar-refractivity contribution in [3.63, 3.8) is 0 Å². The Bertz CT molecular complexity index is 1390. The highest BCUT2D eigenvalue weighted by atomic mass is 19.4. The predicted octanol–water partition coefficient (Wildman–Crippen LogP) is 8.00. The van der Waals surface area contributed by atoms with Crippen molar-refractivity contribution in [2.45, 2.75) is 45.7 Å². The highest BCUT2D eigenvalue weighted by Crippen LogP contribution is 2.40. The number of alkyl halides is 3. The second-order valence-electron chi connectivity index (χ2n) is 9.20. The lowest BCUT2D eigenvalue weighted by Gasteiger charge is -2.16. The molecule has 3 aromatic carbocycles. The third-order valence-corrected chi connectivity index (χ3v) is 6.65. The lowest BCUT2D eigenvalue weighted by atomic mass is 9.88. The van der Waals surface area contributed by atoms with Gasteiger partial charge in [0.1, 0.15) is 0 Å². The lowest BCUT2D eigenvalue weighted by molar-refractivity contribution is -0.142. The van der Waals surface area contributed by atoms with Gasteiger partial charge in [0.25, 0.3) is 5.89 Å². The van der Waals surface area contributed by atoms with E-state index in [1.807, 2.05) is 26.0 Å². The maximum atomic E-state index is 14.0. The lowest BCUT2D eigenvalue weighted by Crippen LogP contribution is -2.15. The summed E-state index contributed by atoms with van der Waals surface area (Å²) in [5.41, 5.74) is 2.36. The summed E-state index contributed by atoms with van der Waals surface area (Å²) >= 11 is 0. The molecule has 4 aromatic rings. The van der Waals surface area contributed by atoms with E-state index in [-0.39, 0.29) is 28.8 Å². The van der Waals surface area contributed by atoms with Crippen molar-refractivity contribution in [1.82, 2.24) is 10.1 Å². The zero-order valence-corrected chi connectivity index (χ0v) is 20.7. The number of nitrogens with zero attached hydrogens (tertiary/aromatic N) is 2. The Kier molecular flexibility index (Phi) is 7.47. The fourth-order valence-electron chi connectivity index (χ4n) is 4.45. The number of hydrogen-bond donors (Lipinski definition) is 1. The number of halogens is 3. The van der Waals surface area contributed by atoms with Gasteiger partial charge >= 0.3 is 12.1 Å². The van der Waals surface area contributed by atoms with Crippen molar-refractivity contribution < 1.29 is 27.6 Å². The summed E-state index contributed by atoms with van der Waals surface area (Å²) in [5, 5.41) is 13.3. The van der Waals surface area contributed by atoms with Gasteiger partial charge in [0.15, 0.2) is 0 Å². The van der Waals surface area contributed by atoms with Gasteiger partial charge in [0, 0.05) is 11.1 Å². The molecule has 4 rings (SSSR count). The summed E-state index contributed by atoms with van der Waals surface area (Å²) in [6.07, 6.45) is -3.48. The van der Waals surface area contributed by atoms with E-state index >= 15 is 0 Å². The molecule has 192 valence electrons. The summed E-state index contributed by atoms with van der Waals surface area (Å²) < 4.78 is 47.3. The number of carboxylic acids is 1. The molecule has 0 saturated carbocycles. The van der Waals surface area contributed by atoms with Crippen LogP contribution in [0.4, 0.5) is 13.2 Å². The number of carbonyl (C=O) groups is 1. The van der Waals surface area contributed by atoms with E-state index in [0.717, 1.165) is 17.2 Å². The van der Waals surface area contributed by atoms with Crippen molar-refractivity contribution in [3.8, 4) is 34.0 Å². The largest absolute Gasteiger partial charge is 0.481 e. The fraction of sp³-hybridized carbons (Fsp3) is 0.276. The van der Waals surface area contributed by atoms with Crippen LogP contribution in [-0.2, 0) is 11.0 Å². The van der Waals surface area contributed by atoms with Crippen LogP contribution in [0.2, 0.25) is 0 Å². The molecular formula is C29H27F3N2O3. The summed E-state index contributed by atoms with van der Waals surface area (Å²) in [6.45, 7) is 5.61. The molecule has 1 aromatic heterocycles. The average molecular weight is 509 g/mol. The van der Waals surface area contributed by atoms with Gasteiger partial charge in [-0.2, -0.15) is 18.2 Å². The molecule has 0 saturated heterocycles. The Balaban J connectivity index is 1.60. The Morgan fingerprint density at radius 1 is 1.00 bits per heavy atom. The molecule has 0 aliphatic carbocycles. The average Bonchev–Trinajstić information content (AvgIpc) is 3.37. The van der Waals surface area contributed by atoms with E-state index in [0.29, 0.717) is 24.0 Å². The third kappa shape index (κ3) is 5.74. The Labute approximate surface area is 213 Å². The van der Waals surface area contributed by atoms with Gasteiger partial charge in [-0.15, -0.1) is 0 Å². The minimum atomic E-state index is -4.57. The van der Waals surface area contributed by atoms with Gasteiger partial charge in [-0.25, -0.2) is 0 Å². The highest BCUT2D eigenvalue weighted by molar-refractivity contribution is 5.74. The minimum Gasteiger partial charge on any atom is -0.481 e. The molecule has 37 heavy (non-hydrogen) atoms. The van der Waals surface area contributed by atoms with Crippen LogP contribution in [-0.4, -0.2) is 21.2 Å². The summed E-state index contributed by atoms with van der Waals surface area (Å²) in [6, 6.07) is 18.3. The smallest absolute Gasteiger partial charge is 0.417 e. The summed E-state index contributed by atoms with van der Waals surface area (Å²) in [4.78, 5) is 15.7. The molecule has 0 aliphatic heterocycles. The van der Waals surface area contributed by atoms with Crippen molar-refractivity contribution in [1.29, 1.82) is 0 Å². The monoisotopic (exact) mass is 508 g/mol. The third-order valence-electron chi connectivity index (χ3n) is 6.65. The second-order valence-corrected chi connectivity index (χ2v) is 9.20. The molecule has 0 spiro atoms. The topological polar surface area (TPSA) is 76.2 Å². The molecule has 0 bridgehead atoms. The molecule has 1 heterocycles. The van der Waals surface area contributed by atoms with Crippen LogP contribution in [0, 0.1) is 12.8 Å². The van der Waals surface area contributed by atoms with Crippen molar-refractivity contribution in [3.05, 3.63) is 83.4 Å². The summed E-state index contributed by atoms with van der Waals surface area (Å²) in [5.74, 6) is -0.924. The van der Waals surface area contributed by atoms with E-state index in [1.165, 1.54) is 6.07 Å². The van der Waals surface area contributed by atoms with Gasteiger partial charge < -0.3 is 9.63 Å². The fourth-order valence-corrected chi connectivity index (χ4v) is 4.45. The number of carboxylic acid groups (broad SMARTS) is 1. The van der Waals surface area contributed by atoms with E-state index in [9.17, 15) is 23.1 Å². The molecular weight excluding hydrogens is 481 g/mol. The number of hydrogen-bond acceptors (Lipinski definition) is 4. The van der Waals surface area contributed by atoms with E-state index in [4.69, 9.17) is 4.52 Å². The molecule has 2 atom stereocenters. The van der Waals surface area contributed by atoms with Crippen LogP contribution >= 0.6 is 0 Å². The van der Waals surface area contributed by atoms with Gasteiger partial charge in [-0.3, -0.25) is 4.79 Å². The van der Waals surface area contributed by atoms with Crippen LogP contribution in [0.5, 0.6) is 0 Å². The number of aromatic nitrogens is 2. The molecule has 1 N–H and O–H groups in total. The van der Waals surface area contributed by atoms with Gasteiger partial charge in [-0.05, 0) is 60.1 Å². The Morgan fingerprint density at radius 3 is 2.30 bits per heavy atom. The standard InChI is InChI=1S/C29H27F3N2O3/c1-4-19(28(35)36)15-18(3)20-9-11-21(12-10-20)26-33-27(37-34-26)22-13-14-24(25(16-22)29(30,31)32)23-8-6-5-7-17(23)2/h5-14,16,18-19H,4,15H2,1-3H3,(H,35,36)/t18-,19+/m0/s1. The molecule has 0 fully saturated rings. The van der Waals surface area contributed by atoms with E-state index in [2.05, 4.69) is 10.1 Å². The second kappa shape index (κ2) is 10.6. The SMILES string of the molecule is CC[C@H](C[C@H](C)c1ccc(-c2noc(-c3ccc(-c4ccccc4C)c(C(F)(F)F)c3)n2)cc1)C(=O)O. The number of aliphatic carboxylic acids is 1. The first-order valence-corrected chi connectivity index (χ1v) is 12.0. The first kappa shape index (κ1) is 26.1. The van der Waals surface area contributed by atoms with Crippen molar-refractivity contribution in [2.75, 3.05) is 0 Å². The molecule has 0 radical (unpaired) electrons. The molecule has 0 amide bonds.